The molecule has 19 heteroatoms. The fraction of sp³-hybridized carbons (Fsp3) is 0.357. The van der Waals surface area contributed by atoms with E-state index in [1.807, 2.05) is 0 Å². The summed E-state index contributed by atoms with van der Waals surface area (Å²) in [6.45, 7) is -1.08. The third kappa shape index (κ3) is 19.9. The van der Waals surface area contributed by atoms with E-state index in [-0.39, 0.29) is 76.1 Å². The normalized spacial score (nSPS) is 10.9. The molecule has 0 saturated carbocycles. The van der Waals surface area contributed by atoms with Crippen LogP contribution >= 0.6 is 0 Å². The molecular weight excluding hydrogens is 676 g/mol. The highest BCUT2D eigenvalue weighted by atomic mass is 32.2. The fourth-order valence-electron chi connectivity index (χ4n) is 3.13. The average Bonchev–Trinajstić information content (AvgIpc) is 3.30. The molecule has 47 heavy (non-hydrogen) atoms. The van der Waals surface area contributed by atoms with Crippen LogP contribution in [0.15, 0.2) is 48.5 Å². The minimum atomic E-state index is -3.11. The molecule has 0 aliphatic carbocycles. The number of rotatable bonds is 11. The van der Waals surface area contributed by atoms with Crippen LogP contribution in [0.4, 0.5) is 8.78 Å². The Kier molecular flexibility index (Phi) is 24.9. The Labute approximate surface area is 271 Å². The van der Waals surface area contributed by atoms with E-state index in [1.165, 1.54) is 48.5 Å². The molecule has 1 saturated heterocycles. The summed E-state index contributed by atoms with van der Waals surface area (Å²) in [7, 11) is -6.22. The fourth-order valence-corrected chi connectivity index (χ4v) is 3.13. The quantitative estimate of drug-likeness (QED) is 0.260. The third-order valence-electron chi connectivity index (χ3n) is 5.15. The summed E-state index contributed by atoms with van der Waals surface area (Å²) in [5.41, 5.74) is 1.03. The van der Waals surface area contributed by atoms with Crippen LogP contribution in [-0.4, -0.2) is 84.1 Å². The molecule has 3 rings (SSSR count). The Morgan fingerprint density at radius 2 is 0.936 bits per heavy atom. The number of benzene rings is 2. The Morgan fingerprint density at radius 1 is 0.638 bits per heavy atom. The summed E-state index contributed by atoms with van der Waals surface area (Å²) in [6, 6.07) is 11.2. The first kappa shape index (κ1) is 46.4. The molecule has 1 aliphatic heterocycles. The van der Waals surface area contributed by atoms with Crippen molar-refractivity contribution in [3.63, 3.8) is 0 Å². The average molecular weight is 710 g/mol. The number of nitrogens with zero attached hydrogens (tertiary/aromatic N) is 1. The molecule has 0 spiro atoms. The monoisotopic (exact) mass is 709 g/mol. The molecule has 1 aliphatic rings. The third-order valence-corrected chi connectivity index (χ3v) is 5.15. The van der Waals surface area contributed by atoms with Gasteiger partial charge in [0.1, 0.15) is 0 Å². The number of halogens is 2. The number of hydrogen-bond acceptors (Lipinski definition) is 13. The number of carbonyl (C=O) groups excluding carboxylic acids is 5. The van der Waals surface area contributed by atoms with Crippen molar-refractivity contribution in [2.24, 2.45) is 0 Å². The minimum absolute atomic E-state index is 0. The number of amides is 2. The number of hydroxylamine groups is 2. The lowest BCUT2D eigenvalue weighted by molar-refractivity contribution is -0.172. The molecule has 0 aromatic heterocycles. The summed E-state index contributed by atoms with van der Waals surface area (Å²) < 4.78 is 74.5. The molecule has 0 bridgehead atoms. The van der Waals surface area contributed by atoms with Crippen molar-refractivity contribution < 1.29 is 72.7 Å². The van der Waals surface area contributed by atoms with Gasteiger partial charge in [-0.1, -0.05) is 39.1 Å². The van der Waals surface area contributed by atoms with Gasteiger partial charge in [-0.3, -0.25) is 28.0 Å². The SMILES string of the molecule is C.C.O=C(CCCF)c1ccc(C(=O)ON2C(=O)CCC2=O)cc1.O=C(O)c1ccc(C(=O)CCCF)cc1.O=S(=O)=O.O=S(=O)=O. The highest BCUT2D eigenvalue weighted by Crippen LogP contribution is 2.15. The van der Waals surface area contributed by atoms with Gasteiger partial charge in [-0.2, -0.15) is 0 Å². The number of carboxylic acid groups (broad SMARTS) is 1. The second kappa shape index (κ2) is 25.2. The maximum Gasteiger partial charge on any atom is 0.425 e. The van der Waals surface area contributed by atoms with Crippen LogP contribution in [0.2, 0.25) is 0 Å². The van der Waals surface area contributed by atoms with Crippen LogP contribution in [-0.2, 0) is 35.6 Å². The van der Waals surface area contributed by atoms with Gasteiger partial charge in [0.15, 0.2) is 11.6 Å². The zero-order valence-corrected chi connectivity index (χ0v) is 24.7. The number of alkyl halides is 2. The van der Waals surface area contributed by atoms with E-state index in [0.717, 1.165) is 0 Å². The van der Waals surface area contributed by atoms with Crippen LogP contribution in [0.3, 0.4) is 0 Å². The maximum absolute atomic E-state index is 12.0. The first-order valence-corrected chi connectivity index (χ1v) is 14.4. The van der Waals surface area contributed by atoms with Crippen molar-refractivity contribution in [2.45, 2.75) is 53.4 Å². The predicted molar refractivity (Wildman–Crippen MR) is 158 cm³/mol. The van der Waals surface area contributed by atoms with Gasteiger partial charge in [-0.15, -0.1) is 30.3 Å². The van der Waals surface area contributed by atoms with Crippen molar-refractivity contribution in [2.75, 3.05) is 13.3 Å². The Balaban J connectivity index is -0.000000672. The molecule has 0 atom stereocenters. The van der Waals surface area contributed by atoms with E-state index < -0.39 is 58.3 Å². The standard InChI is InChI=1S/C15H14FNO5.C11H11FO3.2CH4.2O3S/c16-9-1-2-12(18)10-3-5-11(6-4-10)15(21)22-17-13(19)7-8-14(17)20;12-7-1-2-10(13)8-3-5-9(6-4-8)11(14)15;;;2*1-4(2)3/h3-6H,1-2,7-9H2;3-6H,1-2,7H2,(H,14,15);2*1H4;;. The summed E-state index contributed by atoms with van der Waals surface area (Å²) in [5, 5.41) is 9.08. The summed E-state index contributed by atoms with van der Waals surface area (Å²) >= 11 is 0. The lowest BCUT2D eigenvalue weighted by Crippen LogP contribution is -2.32. The van der Waals surface area contributed by atoms with Crippen LogP contribution in [0.25, 0.3) is 0 Å². The lowest BCUT2D eigenvalue weighted by atomic mass is 10.1. The number of carbonyl (C=O) groups is 6. The van der Waals surface area contributed by atoms with E-state index in [9.17, 15) is 37.5 Å². The van der Waals surface area contributed by atoms with Crippen molar-refractivity contribution >= 4 is 56.5 Å². The van der Waals surface area contributed by atoms with Crippen molar-refractivity contribution in [1.82, 2.24) is 5.06 Å². The first-order valence-electron chi connectivity index (χ1n) is 12.4. The number of Topliss-reactive ketones (excluding diaryl/α,β-unsaturated/α-hetero) is 2. The smallest absolute Gasteiger partial charge is 0.425 e. The zero-order valence-electron chi connectivity index (χ0n) is 23.0. The molecule has 15 nitrogen and oxygen atoms in total. The molecule has 0 unspecified atom stereocenters. The Morgan fingerprint density at radius 3 is 1.23 bits per heavy atom. The number of hydrogen-bond donors (Lipinski definition) is 1. The molecule has 260 valence electrons. The van der Waals surface area contributed by atoms with Gasteiger partial charge in [-0.05, 0) is 37.1 Å². The second-order valence-corrected chi connectivity index (χ2v) is 9.08. The minimum Gasteiger partial charge on any atom is -0.478 e. The predicted octanol–water partition coefficient (Wildman–Crippen LogP) is 3.42. The summed E-state index contributed by atoms with van der Waals surface area (Å²) in [4.78, 5) is 72.8. The van der Waals surface area contributed by atoms with E-state index >= 15 is 0 Å². The number of carboxylic acids is 1. The van der Waals surface area contributed by atoms with E-state index in [1.54, 1.807) is 0 Å². The summed E-state index contributed by atoms with van der Waals surface area (Å²) in [5.74, 6) is -3.39. The molecule has 2 amide bonds. The Hall–Kier alpha value is -5.04. The van der Waals surface area contributed by atoms with Crippen LogP contribution < -0.4 is 0 Å². The molecule has 2 aromatic carbocycles. The highest BCUT2D eigenvalue weighted by molar-refractivity contribution is 7.59. The number of imide groups is 1. The van der Waals surface area contributed by atoms with E-state index in [0.29, 0.717) is 16.2 Å². The van der Waals surface area contributed by atoms with Gasteiger partial charge in [0.25, 0.3) is 11.8 Å². The second-order valence-electron chi connectivity index (χ2n) is 8.26. The maximum atomic E-state index is 12.0. The number of aromatic carboxylic acids is 1. The highest BCUT2D eigenvalue weighted by Gasteiger charge is 2.33. The molecular formula is C28H33F2NO14S2. The molecule has 1 heterocycles. The summed E-state index contributed by atoms with van der Waals surface area (Å²) in [6.07, 6.45) is 0.656. The van der Waals surface area contributed by atoms with Gasteiger partial charge in [0.05, 0.1) is 24.5 Å². The molecule has 2 aromatic rings. The van der Waals surface area contributed by atoms with Gasteiger partial charge in [-0.25, -0.2) is 9.59 Å². The van der Waals surface area contributed by atoms with E-state index in [2.05, 4.69) is 0 Å². The largest absolute Gasteiger partial charge is 0.478 e. The molecule has 1 fully saturated rings. The van der Waals surface area contributed by atoms with Crippen LogP contribution in [0, 0.1) is 0 Å². The Bertz CT molecular complexity index is 1520. The van der Waals surface area contributed by atoms with Crippen LogP contribution in [0.1, 0.15) is 94.8 Å². The van der Waals surface area contributed by atoms with Crippen LogP contribution in [0.5, 0.6) is 0 Å². The molecule has 0 radical (unpaired) electrons. The lowest BCUT2D eigenvalue weighted by Gasteiger charge is -2.12. The van der Waals surface area contributed by atoms with Gasteiger partial charge < -0.3 is 9.94 Å². The number of ketones is 2. The first-order chi connectivity index (χ1) is 21.1. The van der Waals surface area contributed by atoms with Crippen molar-refractivity contribution in [1.29, 1.82) is 0 Å². The topological polar surface area (TPSA) is 238 Å². The molecule has 1 N–H and O–H groups in total. The van der Waals surface area contributed by atoms with Gasteiger partial charge >= 0.3 is 33.2 Å². The van der Waals surface area contributed by atoms with Gasteiger partial charge in [0, 0.05) is 36.8 Å². The van der Waals surface area contributed by atoms with Crippen molar-refractivity contribution in [3.05, 3.63) is 70.8 Å². The van der Waals surface area contributed by atoms with E-state index in [4.69, 9.17) is 35.2 Å². The zero-order chi connectivity index (χ0) is 34.5. The van der Waals surface area contributed by atoms with Gasteiger partial charge in [0.2, 0.25) is 0 Å². The van der Waals surface area contributed by atoms with Crippen molar-refractivity contribution in [3.8, 4) is 0 Å².